The number of methoxy groups -OCH3 is 1. The van der Waals surface area contributed by atoms with E-state index in [1.807, 2.05) is 0 Å². The van der Waals surface area contributed by atoms with E-state index in [9.17, 15) is 16.8 Å². The van der Waals surface area contributed by atoms with Gasteiger partial charge in [0.25, 0.3) is 0 Å². The fourth-order valence-corrected chi connectivity index (χ4v) is 3.66. The first-order valence-corrected chi connectivity index (χ1v) is 10.4. The van der Waals surface area contributed by atoms with Crippen LogP contribution in [0.15, 0.2) is 35.4 Å². The Morgan fingerprint density at radius 2 is 1.83 bits per heavy atom. The van der Waals surface area contributed by atoms with Gasteiger partial charge in [-0.2, -0.15) is 0 Å². The molecule has 0 radical (unpaired) electrons. The maximum absolute atomic E-state index is 12.3. The minimum atomic E-state index is -3.86. The van der Waals surface area contributed by atoms with Gasteiger partial charge in [0.05, 0.1) is 17.8 Å². The van der Waals surface area contributed by atoms with Crippen molar-refractivity contribution in [1.82, 2.24) is 10.2 Å². The van der Waals surface area contributed by atoms with Crippen molar-refractivity contribution in [3.8, 4) is 5.75 Å². The number of benzene rings is 1. The number of sulfonamides is 1. The zero-order valence-corrected chi connectivity index (χ0v) is 15.1. The summed E-state index contributed by atoms with van der Waals surface area (Å²) in [6.07, 6.45) is 0.964. The highest BCUT2D eigenvalue weighted by Gasteiger charge is 2.21. The van der Waals surface area contributed by atoms with Crippen molar-refractivity contribution in [2.75, 3.05) is 18.1 Å². The Morgan fingerprint density at radius 3 is 2.42 bits per heavy atom. The molecule has 8 nitrogen and oxygen atoms in total. The Balaban J connectivity index is 2.31. The zero-order chi connectivity index (χ0) is 18.0. The van der Waals surface area contributed by atoms with Gasteiger partial charge in [0, 0.05) is 12.3 Å². The predicted octanol–water partition coefficient (Wildman–Crippen LogP) is 1.48. The molecule has 1 aromatic heterocycles. The number of sulfone groups is 1. The van der Waals surface area contributed by atoms with E-state index in [4.69, 9.17) is 16.3 Å². The third-order valence-corrected chi connectivity index (χ3v) is 5.35. The van der Waals surface area contributed by atoms with Gasteiger partial charge in [0.15, 0.2) is 14.9 Å². The van der Waals surface area contributed by atoms with Crippen molar-refractivity contribution < 1.29 is 21.6 Å². The van der Waals surface area contributed by atoms with E-state index in [-0.39, 0.29) is 27.2 Å². The summed E-state index contributed by atoms with van der Waals surface area (Å²) in [5.41, 5.74) is 0.198. The van der Waals surface area contributed by atoms with Gasteiger partial charge in [-0.15, -0.1) is 10.2 Å². The summed E-state index contributed by atoms with van der Waals surface area (Å²) < 4.78 is 54.8. The second kappa shape index (κ2) is 6.91. The second-order valence-electron chi connectivity index (χ2n) is 4.81. The van der Waals surface area contributed by atoms with Crippen LogP contribution in [-0.4, -0.2) is 40.4 Å². The lowest BCUT2D eigenvalue weighted by Gasteiger charge is -2.11. The third kappa shape index (κ3) is 4.56. The molecule has 1 aromatic carbocycles. The van der Waals surface area contributed by atoms with Crippen molar-refractivity contribution in [2.45, 2.75) is 10.8 Å². The lowest BCUT2D eigenvalue weighted by atomic mass is 10.3. The molecule has 0 aliphatic rings. The first-order chi connectivity index (χ1) is 11.1. The first-order valence-electron chi connectivity index (χ1n) is 6.48. The number of aromatic nitrogens is 2. The number of hydrogen-bond donors (Lipinski definition) is 1. The average molecular weight is 392 g/mol. The van der Waals surface area contributed by atoms with Gasteiger partial charge in [-0.3, -0.25) is 4.72 Å². The first kappa shape index (κ1) is 18.4. The number of nitrogens with one attached hydrogen (secondary N) is 1. The second-order valence-corrected chi connectivity index (χ2v) is 8.90. The SMILES string of the molecule is COc1cc(S(C)(=O)=O)nnc1CS(=O)(=O)Nc1ccccc1Cl. The number of anilines is 1. The minimum absolute atomic E-state index is 0.00922. The molecule has 0 spiro atoms. The van der Waals surface area contributed by atoms with E-state index >= 15 is 0 Å². The van der Waals surface area contributed by atoms with Crippen LogP contribution in [0.2, 0.25) is 5.02 Å². The van der Waals surface area contributed by atoms with Gasteiger partial charge in [-0.1, -0.05) is 23.7 Å². The molecule has 1 N–H and O–H groups in total. The molecular formula is C13H14ClN3O5S2. The van der Waals surface area contributed by atoms with Crippen molar-refractivity contribution in [2.24, 2.45) is 0 Å². The summed E-state index contributed by atoms with van der Waals surface area (Å²) in [6.45, 7) is 0. The highest BCUT2D eigenvalue weighted by atomic mass is 35.5. The lowest BCUT2D eigenvalue weighted by Crippen LogP contribution is -2.17. The van der Waals surface area contributed by atoms with Crippen LogP contribution < -0.4 is 9.46 Å². The number of halogens is 1. The normalized spacial score (nSPS) is 12.0. The molecule has 0 atom stereocenters. The van der Waals surface area contributed by atoms with Gasteiger partial charge in [-0.25, -0.2) is 16.8 Å². The Morgan fingerprint density at radius 1 is 1.17 bits per heavy atom. The molecule has 11 heteroatoms. The van der Waals surface area contributed by atoms with Crippen molar-refractivity contribution >= 4 is 37.1 Å². The van der Waals surface area contributed by atoms with Gasteiger partial charge in [0.2, 0.25) is 10.0 Å². The maximum atomic E-state index is 12.3. The summed E-state index contributed by atoms with van der Waals surface area (Å²) >= 11 is 5.92. The molecule has 2 rings (SSSR count). The van der Waals surface area contributed by atoms with Crippen LogP contribution in [0.5, 0.6) is 5.75 Å². The smallest absolute Gasteiger partial charge is 0.238 e. The summed E-state index contributed by atoms with van der Waals surface area (Å²) in [5, 5.41) is 7.13. The van der Waals surface area contributed by atoms with Crippen LogP contribution in [0.3, 0.4) is 0 Å². The molecule has 24 heavy (non-hydrogen) atoms. The average Bonchev–Trinajstić information content (AvgIpc) is 2.48. The topological polar surface area (TPSA) is 115 Å². The van der Waals surface area contributed by atoms with E-state index in [0.29, 0.717) is 0 Å². The molecule has 0 saturated heterocycles. The van der Waals surface area contributed by atoms with Gasteiger partial charge in [0.1, 0.15) is 17.2 Å². The minimum Gasteiger partial charge on any atom is -0.495 e. The number of hydrogen-bond acceptors (Lipinski definition) is 7. The number of rotatable bonds is 6. The molecule has 0 aliphatic carbocycles. The lowest BCUT2D eigenvalue weighted by molar-refractivity contribution is 0.404. The van der Waals surface area contributed by atoms with E-state index in [1.165, 1.54) is 13.2 Å². The molecular weight excluding hydrogens is 378 g/mol. The van der Waals surface area contributed by atoms with Gasteiger partial charge < -0.3 is 4.74 Å². The molecule has 130 valence electrons. The molecule has 0 saturated carbocycles. The van der Waals surface area contributed by atoms with Crippen LogP contribution in [0.25, 0.3) is 0 Å². The highest BCUT2D eigenvalue weighted by Crippen LogP contribution is 2.24. The number of nitrogens with zero attached hydrogens (tertiary/aromatic N) is 2. The maximum Gasteiger partial charge on any atom is 0.238 e. The van der Waals surface area contributed by atoms with E-state index < -0.39 is 25.6 Å². The Labute approximate surface area is 144 Å². The van der Waals surface area contributed by atoms with Crippen LogP contribution >= 0.6 is 11.6 Å². The Kier molecular flexibility index (Phi) is 5.31. The quantitative estimate of drug-likeness (QED) is 0.792. The number of ether oxygens (including phenoxy) is 1. The van der Waals surface area contributed by atoms with Crippen molar-refractivity contribution in [1.29, 1.82) is 0 Å². The summed E-state index contributed by atoms with van der Waals surface area (Å²) in [6, 6.07) is 7.47. The largest absolute Gasteiger partial charge is 0.495 e. The van der Waals surface area contributed by atoms with Crippen LogP contribution in [0.4, 0.5) is 5.69 Å². The predicted molar refractivity (Wildman–Crippen MR) is 89.4 cm³/mol. The van der Waals surface area contributed by atoms with E-state index in [1.54, 1.807) is 18.2 Å². The molecule has 0 unspecified atom stereocenters. The molecule has 0 bridgehead atoms. The number of para-hydroxylation sites is 1. The summed E-state index contributed by atoms with van der Waals surface area (Å²) in [7, 11) is -6.17. The monoisotopic (exact) mass is 391 g/mol. The highest BCUT2D eigenvalue weighted by molar-refractivity contribution is 7.92. The molecule has 0 amide bonds. The molecule has 2 aromatic rings. The third-order valence-electron chi connectivity index (χ3n) is 2.87. The Bertz CT molecular complexity index is 961. The standard InChI is InChI=1S/C13H14ClN3O5S2/c1-22-12-7-13(23(2,18)19)16-15-11(12)8-24(20,21)17-10-6-4-3-5-9(10)14/h3-7,17H,8H2,1-2H3. The summed E-state index contributed by atoms with van der Waals surface area (Å²) in [5.74, 6) is -0.548. The molecule has 1 heterocycles. The Hall–Kier alpha value is -1.91. The molecule has 0 aliphatic heterocycles. The van der Waals surface area contributed by atoms with E-state index in [0.717, 1.165) is 12.3 Å². The van der Waals surface area contributed by atoms with E-state index in [2.05, 4.69) is 14.9 Å². The molecule has 0 fully saturated rings. The van der Waals surface area contributed by atoms with Gasteiger partial charge in [-0.05, 0) is 12.1 Å². The fraction of sp³-hybridized carbons (Fsp3) is 0.231. The fourth-order valence-electron chi connectivity index (χ4n) is 1.77. The van der Waals surface area contributed by atoms with Crippen molar-refractivity contribution in [3.63, 3.8) is 0 Å². The van der Waals surface area contributed by atoms with Crippen LogP contribution in [0.1, 0.15) is 5.69 Å². The van der Waals surface area contributed by atoms with Crippen LogP contribution in [-0.2, 0) is 25.6 Å². The zero-order valence-electron chi connectivity index (χ0n) is 12.7. The van der Waals surface area contributed by atoms with Gasteiger partial charge >= 0.3 is 0 Å². The van der Waals surface area contributed by atoms with Crippen LogP contribution in [0, 0.1) is 0 Å². The van der Waals surface area contributed by atoms with Crippen molar-refractivity contribution in [3.05, 3.63) is 41.0 Å². The summed E-state index contributed by atoms with van der Waals surface area (Å²) in [4.78, 5) is 0.